The number of rotatable bonds is 1. The first-order chi connectivity index (χ1) is 6.61. The first-order valence-corrected chi connectivity index (χ1v) is 4.17. The van der Waals surface area contributed by atoms with Gasteiger partial charge in [0.15, 0.2) is 0 Å². The number of carboxylic acid groups (broad SMARTS) is 1. The second-order valence-corrected chi connectivity index (χ2v) is 3.17. The Hall–Kier alpha value is -1.55. The summed E-state index contributed by atoms with van der Waals surface area (Å²) in [5, 5.41) is 8.83. The zero-order valence-electron chi connectivity index (χ0n) is 6.84. The third kappa shape index (κ3) is 1.15. The van der Waals surface area contributed by atoms with E-state index in [2.05, 4.69) is 4.98 Å². The zero-order valence-corrected chi connectivity index (χ0v) is 7.60. The van der Waals surface area contributed by atoms with Crippen LogP contribution in [0.4, 0.5) is 4.39 Å². The number of aromatic nitrogens is 1. The fourth-order valence-corrected chi connectivity index (χ4v) is 1.59. The monoisotopic (exact) mass is 213 g/mol. The van der Waals surface area contributed by atoms with Gasteiger partial charge < -0.3 is 10.1 Å². The third-order valence-corrected chi connectivity index (χ3v) is 2.34. The van der Waals surface area contributed by atoms with Gasteiger partial charge in [-0.2, -0.15) is 0 Å². The summed E-state index contributed by atoms with van der Waals surface area (Å²) >= 11 is 5.66. The number of halogens is 2. The van der Waals surface area contributed by atoms with E-state index in [0.717, 1.165) is 0 Å². The van der Waals surface area contributed by atoms with Crippen LogP contribution in [-0.4, -0.2) is 16.1 Å². The Morgan fingerprint density at radius 1 is 1.50 bits per heavy atom. The minimum atomic E-state index is -1.14. The molecule has 3 nitrogen and oxygen atoms in total. The lowest BCUT2D eigenvalue weighted by Crippen LogP contribution is -1.94. The largest absolute Gasteiger partial charge is 0.478 e. The Labute approximate surface area is 83.1 Å². The standard InChI is InChI=1S/C9H5ClFNO2/c10-8-5(11)1-2-6-7(8)4(3-12-6)9(13)14/h1-3,12H,(H,13,14). The highest BCUT2D eigenvalue weighted by molar-refractivity contribution is 6.36. The summed E-state index contributed by atoms with van der Waals surface area (Å²) in [6.07, 6.45) is 1.29. The van der Waals surface area contributed by atoms with Gasteiger partial charge in [-0.25, -0.2) is 9.18 Å². The molecule has 0 aliphatic rings. The predicted octanol–water partition coefficient (Wildman–Crippen LogP) is 2.66. The molecule has 1 aromatic heterocycles. The molecule has 0 aliphatic carbocycles. The molecule has 0 saturated heterocycles. The minimum absolute atomic E-state index is 0.0236. The maximum absolute atomic E-state index is 13.0. The molecule has 0 radical (unpaired) electrons. The molecule has 0 spiro atoms. The average Bonchev–Trinajstić information content (AvgIpc) is 2.55. The molecule has 1 aromatic carbocycles. The van der Waals surface area contributed by atoms with Crippen LogP contribution in [0.5, 0.6) is 0 Å². The normalized spacial score (nSPS) is 10.7. The van der Waals surface area contributed by atoms with Crippen LogP contribution >= 0.6 is 11.6 Å². The van der Waals surface area contributed by atoms with Gasteiger partial charge in [-0.3, -0.25) is 0 Å². The number of nitrogens with one attached hydrogen (secondary N) is 1. The van der Waals surface area contributed by atoms with Crippen molar-refractivity contribution in [2.45, 2.75) is 0 Å². The van der Waals surface area contributed by atoms with Crippen LogP contribution in [0.1, 0.15) is 10.4 Å². The van der Waals surface area contributed by atoms with Gasteiger partial charge in [0.05, 0.1) is 10.6 Å². The maximum atomic E-state index is 13.0. The number of carboxylic acids is 1. The molecule has 0 saturated carbocycles. The molecular formula is C9H5ClFNO2. The second-order valence-electron chi connectivity index (χ2n) is 2.79. The van der Waals surface area contributed by atoms with E-state index in [1.807, 2.05) is 0 Å². The van der Waals surface area contributed by atoms with Crippen molar-refractivity contribution < 1.29 is 14.3 Å². The van der Waals surface area contributed by atoms with E-state index in [-0.39, 0.29) is 16.0 Å². The van der Waals surface area contributed by atoms with E-state index < -0.39 is 11.8 Å². The van der Waals surface area contributed by atoms with Gasteiger partial charge in [0.2, 0.25) is 0 Å². The molecule has 0 fully saturated rings. The van der Waals surface area contributed by atoms with Crippen molar-refractivity contribution in [1.29, 1.82) is 0 Å². The van der Waals surface area contributed by atoms with Crippen molar-refractivity contribution in [1.82, 2.24) is 4.98 Å². The Morgan fingerprint density at radius 2 is 2.21 bits per heavy atom. The molecule has 1 heterocycles. The van der Waals surface area contributed by atoms with Crippen molar-refractivity contribution in [2.75, 3.05) is 0 Å². The highest BCUT2D eigenvalue weighted by Gasteiger charge is 2.15. The smallest absolute Gasteiger partial charge is 0.337 e. The van der Waals surface area contributed by atoms with Crippen LogP contribution in [0, 0.1) is 5.82 Å². The number of carbonyl (C=O) groups is 1. The predicted molar refractivity (Wildman–Crippen MR) is 50.2 cm³/mol. The number of fused-ring (bicyclic) bond motifs is 1. The van der Waals surface area contributed by atoms with Gasteiger partial charge in [0.25, 0.3) is 0 Å². The number of aromatic amines is 1. The van der Waals surface area contributed by atoms with Gasteiger partial charge >= 0.3 is 5.97 Å². The molecule has 0 atom stereocenters. The zero-order chi connectivity index (χ0) is 10.3. The molecule has 72 valence electrons. The van der Waals surface area contributed by atoms with Crippen molar-refractivity contribution >= 4 is 28.5 Å². The Kier molecular flexibility index (Phi) is 1.93. The lowest BCUT2D eigenvalue weighted by molar-refractivity contribution is 0.0699. The van der Waals surface area contributed by atoms with Crippen molar-refractivity contribution in [3.05, 3.63) is 34.7 Å². The van der Waals surface area contributed by atoms with E-state index in [0.29, 0.717) is 5.52 Å². The molecular weight excluding hydrogens is 209 g/mol. The Morgan fingerprint density at radius 3 is 2.86 bits per heavy atom. The van der Waals surface area contributed by atoms with Crippen LogP contribution < -0.4 is 0 Å². The Balaban J connectivity index is 2.89. The first kappa shape index (κ1) is 9.02. The summed E-state index contributed by atoms with van der Waals surface area (Å²) in [6, 6.07) is 2.63. The lowest BCUT2D eigenvalue weighted by atomic mass is 10.2. The number of H-pyrrole nitrogens is 1. The average molecular weight is 214 g/mol. The van der Waals surface area contributed by atoms with E-state index in [9.17, 15) is 9.18 Å². The van der Waals surface area contributed by atoms with Crippen LogP contribution in [0.2, 0.25) is 5.02 Å². The quantitative estimate of drug-likeness (QED) is 0.765. The topological polar surface area (TPSA) is 53.1 Å². The summed E-state index contributed by atoms with van der Waals surface area (Å²) in [6.45, 7) is 0. The van der Waals surface area contributed by atoms with E-state index in [4.69, 9.17) is 16.7 Å². The SMILES string of the molecule is O=C(O)c1c[nH]c2ccc(F)c(Cl)c12. The van der Waals surface area contributed by atoms with Gasteiger partial charge in [-0.1, -0.05) is 11.6 Å². The molecule has 5 heteroatoms. The highest BCUT2D eigenvalue weighted by atomic mass is 35.5. The minimum Gasteiger partial charge on any atom is -0.478 e. The van der Waals surface area contributed by atoms with Crippen molar-refractivity contribution in [2.24, 2.45) is 0 Å². The van der Waals surface area contributed by atoms with Crippen molar-refractivity contribution in [3.63, 3.8) is 0 Å². The van der Waals surface area contributed by atoms with Gasteiger partial charge in [0, 0.05) is 17.1 Å². The summed E-state index contributed by atoms with van der Waals surface area (Å²) < 4.78 is 13.0. The first-order valence-electron chi connectivity index (χ1n) is 3.79. The molecule has 0 unspecified atom stereocenters. The van der Waals surface area contributed by atoms with E-state index in [1.165, 1.54) is 18.3 Å². The molecule has 14 heavy (non-hydrogen) atoms. The van der Waals surface area contributed by atoms with Crippen LogP contribution in [0.15, 0.2) is 18.3 Å². The second kappa shape index (κ2) is 2.99. The number of benzene rings is 1. The molecule has 0 bridgehead atoms. The fraction of sp³-hybridized carbons (Fsp3) is 0. The summed E-state index contributed by atoms with van der Waals surface area (Å²) in [4.78, 5) is 13.4. The molecule has 2 rings (SSSR count). The van der Waals surface area contributed by atoms with Gasteiger partial charge in [-0.05, 0) is 12.1 Å². The van der Waals surface area contributed by atoms with Crippen LogP contribution in [-0.2, 0) is 0 Å². The summed E-state index contributed by atoms with van der Waals surface area (Å²) in [5.41, 5.74) is 0.485. The summed E-state index contributed by atoms with van der Waals surface area (Å²) in [7, 11) is 0. The third-order valence-electron chi connectivity index (χ3n) is 1.97. The molecule has 0 aliphatic heterocycles. The highest BCUT2D eigenvalue weighted by Crippen LogP contribution is 2.28. The molecule has 0 amide bonds. The molecule has 2 aromatic rings. The van der Waals surface area contributed by atoms with Gasteiger partial charge in [0.1, 0.15) is 5.82 Å². The van der Waals surface area contributed by atoms with Crippen LogP contribution in [0.3, 0.4) is 0 Å². The number of hydrogen-bond donors (Lipinski definition) is 2. The number of aromatic carboxylic acids is 1. The van der Waals surface area contributed by atoms with Crippen molar-refractivity contribution in [3.8, 4) is 0 Å². The van der Waals surface area contributed by atoms with E-state index >= 15 is 0 Å². The summed E-state index contributed by atoms with van der Waals surface area (Å²) in [5.74, 6) is -1.76. The fourth-order valence-electron chi connectivity index (χ4n) is 1.33. The molecule has 2 N–H and O–H groups in total. The van der Waals surface area contributed by atoms with Gasteiger partial charge in [-0.15, -0.1) is 0 Å². The number of hydrogen-bond acceptors (Lipinski definition) is 1. The Bertz CT molecular complexity index is 521. The van der Waals surface area contributed by atoms with Crippen LogP contribution in [0.25, 0.3) is 10.9 Å². The maximum Gasteiger partial charge on any atom is 0.337 e. The lowest BCUT2D eigenvalue weighted by Gasteiger charge is -1.97. The van der Waals surface area contributed by atoms with E-state index in [1.54, 1.807) is 0 Å².